The lowest BCUT2D eigenvalue weighted by Gasteiger charge is -2.25. The lowest BCUT2D eigenvalue weighted by atomic mass is 9.82. The Kier molecular flexibility index (Phi) is 6.49. The van der Waals surface area contributed by atoms with Gasteiger partial charge < -0.3 is 13.9 Å². The molecule has 0 N–H and O–H groups in total. The second-order valence-electron chi connectivity index (χ2n) is 14.4. The van der Waals surface area contributed by atoms with E-state index in [1.54, 1.807) is 0 Å². The summed E-state index contributed by atoms with van der Waals surface area (Å²) in [5, 5.41) is 2.14. The molecule has 54 heavy (non-hydrogen) atoms. The molecule has 2 aliphatic rings. The maximum absolute atomic E-state index is 6.72. The van der Waals surface area contributed by atoms with Crippen LogP contribution in [0.25, 0.3) is 78.4 Å². The maximum Gasteiger partial charge on any atom is 0.178 e. The second kappa shape index (κ2) is 11.5. The molecular formula is C48H31N3O3. The molecule has 2 aromatic heterocycles. The van der Waals surface area contributed by atoms with Crippen molar-refractivity contribution in [2.75, 3.05) is 0 Å². The van der Waals surface area contributed by atoms with Crippen molar-refractivity contribution in [1.29, 1.82) is 0 Å². The van der Waals surface area contributed by atoms with Crippen molar-refractivity contribution in [2.24, 2.45) is 0 Å². The Morgan fingerprint density at radius 2 is 1.06 bits per heavy atom. The average molecular weight is 698 g/mol. The quantitative estimate of drug-likeness (QED) is 0.182. The van der Waals surface area contributed by atoms with E-state index in [2.05, 4.69) is 98.8 Å². The number of hydrogen-bond acceptors (Lipinski definition) is 6. The minimum atomic E-state index is -0.128. The van der Waals surface area contributed by atoms with Crippen molar-refractivity contribution in [3.63, 3.8) is 0 Å². The molecule has 3 heterocycles. The first kappa shape index (κ1) is 30.6. The molecule has 6 nitrogen and oxygen atoms in total. The van der Waals surface area contributed by atoms with E-state index in [0.29, 0.717) is 29.0 Å². The number of hydrogen-bond donors (Lipinski definition) is 0. The van der Waals surface area contributed by atoms with Crippen molar-refractivity contribution in [3.8, 4) is 79.4 Å². The molecule has 256 valence electrons. The van der Waals surface area contributed by atoms with E-state index < -0.39 is 0 Å². The van der Waals surface area contributed by atoms with Gasteiger partial charge in [0.05, 0.1) is 0 Å². The van der Waals surface area contributed by atoms with Gasteiger partial charge in [-0.05, 0) is 64.2 Å². The number of para-hydroxylation sites is 1. The van der Waals surface area contributed by atoms with Gasteiger partial charge in [0.25, 0.3) is 0 Å². The fourth-order valence-corrected chi connectivity index (χ4v) is 8.03. The molecule has 0 unspecified atom stereocenters. The molecule has 1 aliphatic carbocycles. The lowest BCUT2D eigenvalue weighted by Crippen LogP contribution is -2.15. The van der Waals surface area contributed by atoms with Gasteiger partial charge in [-0.2, -0.15) is 0 Å². The number of nitrogens with zero attached hydrogens (tertiary/aromatic N) is 3. The molecule has 7 aromatic carbocycles. The highest BCUT2D eigenvalue weighted by atomic mass is 16.6. The minimum Gasteiger partial charge on any atom is -0.456 e. The zero-order valence-electron chi connectivity index (χ0n) is 29.5. The summed E-state index contributed by atoms with van der Waals surface area (Å²) < 4.78 is 19.4. The van der Waals surface area contributed by atoms with Gasteiger partial charge in [0.15, 0.2) is 40.5 Å². The van der Waals surface area contributed by atoms with Gasteiger partial charge in [-0.1, -0.05) is 129 Å². The molecule has 11 rings (SSSR count). The van der Waals surface area contributed by atoms with E-state index in [-0.39, 0.29) is 5.41 Å². The first-order chi connectivity index (χ1) is 26.5. The molecule has 0 bridgehead atoms. The van der Waals surface area contributed by atoms with Gasteiger partial charge >= 0.3 is 0 Å². The predicted octanol–water partition coefficient (Wildman–Crippen LogP) is 12.6. The summed E-state index contributed by atoms with van der Waals surface area (Å²) >= 11 is 0. The zero-order valence-corrected chi connectivity index (χ0v) is 29.5. The largest absolute Gasteiger partial charge is 0.456 e. The van der Waals surface area contributed by atoms with Gasteiger partial charge in [-0.25, -0.2) is 15.0 Å². The SMILES string of the molecule is CC1(C)c2ccccc2-c2c1ccc1c2Oc2cc(-c3ccc(-c4nc(-c5ccccc5)nc(-c5ccc6c(c5)oc5ccccc56)n4)cc3)ccc2O1. The molecule has 0 amide bonds. The van der Waals surface area contributed by atoms with Crippen molar-refractivity contribution < 1.29 is 13.9 Å². The highest BCUT2D eigenvalue weighted by molar-refractivity contribution is 6.05. The third-order valence-corrected chi connectivity index (χ3v) is 10.8. The van der Waals surface area contributed by atoms with Crippen LogP contribution in [0.4, 0.5) is 0 Å². The standard InChI is InChI=1S/C48H31N3O3/c1-48(2)36-14-8-6-13-35(36)43-37(48)23-25-40-44(43)54-42-26-31(21-24-39(42)53-40)28-16-18-30(19-17-28)46-49-45(29-10-4-3-5-11-29)50-47(51-46)32-20-22-34-33-12-7-9-15-38(33)52-41(34)27-32/h3-27H,1-2H3. The van der Waals surface area contributed by atoms with E-state index in [4.69, 9.17) is 28.8 Å². The van der Waals surface area contributed by atoms with Crippen LogP contribution in [-0.2, 0) is 5.41 Å². The summed E-state index contributed by atoms with van der Waals surface area (Å²) in [4.78, 5) is 14.9. The van der Waals surface area contributed by atoms with Crippen LogP contribution >= 0.6 is 0 Å². The predicted molar refractivity (Wildman–Crippen MR) is 213 cm³/mol. The van der Waals surface area contributed by atoms with Crippen molar-refractivity contribution in [1.82, 2.24) is 15.0 Å². The van der Waals surface area contributed by atoms with Gasteiger partial charge in [0.2, 0.25) is 0 Å². The third-order valence-electron chi connectivity index (χ3n) is 10.8. The van der Waals surface area contributed by atoms with Crippen LogP contribution in [0.15, 0.2) is 156 Å². The third kappa shape index (κ3) is 4.70. The molecule has 9 aromatic rings. The number of ether oxygens (including phenoxy) is 2. The molecular weight excluding hydrogens is 667 g/mol. The summed E-state index contributed by atoms with van der Waals surface area (Å²) in [5.74, 6) is 4.66. The van der Waals surface area contributed by atoms with Crippen LogP contribution in [0.2, 0.25) is 0 Å². The fourth-order valence-electron chi connectivity index (χ4n) is 8.03. The van der Waals surface area contributed by atoms with Crippen LogP contribution in [-0.4, -0.2) is 15.0 Å². The molecule has 0 atom stereocenters. The van der Waals surface area contributed by atoms with Crippen LogP contribution in [0.5, 0.6) is 23.0 Å². The number of furan rings is 1. The number of fused-ring (bicyclic) bond motifs is 9. The van der Waals surface area contributed by atoms with Crippen LogP contribution in [0.3, 0.4) is 0 Å². The fraction of sp³-hybridized carbons (Fsp3) is 0.0625. The number of benzene rings is 7. The van der Waals surface area contributed by atoms with Gasteiger partial charge in [0.1, 0.15) is 11.2 Å². The Labute approximate surface area is 311 Å². The molecule has 0 fully saturated rings. The summed E-state index contributed by atoms with van der Waals surface area (Å²) in [5.41, 5.74) is 11.1. The monoisotopic (exact) mass is 697 g/mol. The van der Waals surface area contributed by atoms with E-state index in [1.165, 1.54) is 16.7 Å². The Morgan fingerprint density at radius 3 is 1.89 bits per heavy atom. The van der Waals surface area contributed by atoms with E-state index in [9.17, 15) is 0 Å². The second-order valence-corrected chi connectivity index (χ2v) is 14.4. The number of rotatable bonds is 4. The van der Waals surface area contributed by atoms with E-state index in [1.807, 2.05) is 66.7 Å². The highest BCUT2D eigenvalue weighted by Gasteiger charge is 2.39. The minimum absolute atomic E-state index is 0.128. The van der Waals surface area contributed by atoms with E-state index in [0.717, 1.165) is 66.8 Å². The summed E-state index contributed by atoms with van der Waals surface area (Å²) in [6.07, 6.45) is 0. The molecule has 0 spiro atoms. The summed E-state index contributed by atoms with van der Waals surface area (Å²) in [7, 11) is 0. The Morgan fingerprint density at radius 1 is 0.426 bits per heavy atom. The van der Waals surface area contributed by atoms with E-state index >= 15 is 0 Å². The molecule has 1 aliphatic heterocycles. The van der Waals surface area contributed by atoms with Gasteiger partial charge in [-0.3, -0.25) is 0 Å². The van der Waals surface area contributed by atoms with Crippen LogP contribution in [0, 0.1) is 0 Å². The Bertz CT molecular complexity index is 2970. The summed E-state index contributed by atoms with van der Waals surface area (Å²) in [6.45, 7) is 4.54. The first-order valence-corrected chi connectivity index (χ1v) is 18.1. The zero-order chi connectivity index (χ0) is 36.0. The molecule has 6 heteroatoms. The number of aromatic nitrogens is 3. The van der Waals surface area contributed by atoms with Crippen LogP contribution < -0.4 is 9.47 Å². The average Bonchev–Trinajstić information content (AvgIpc) is 3.71. The topological polar surface area (TPSA) is 70.3 Å². The molecule has 0 saturated carbocycles. The highest BCUT2D eigenvalue weighted by Crippen LogP contribution is 2.58. The van der Waals surface area contributed by atoms with Crippen molar-refractivity contribution >= 4 is 21.9 Å². The Hall–Kier alpha value is -7.05. The maximum atomic E-state index is 6.72. The molecule has 0 radical (unpaired) electrons. The normalized spacial score (nSPS) is 13.4. The smallest absolute Gasteiger partial charge is 0.178 e. The van der Waals surface area contributed by atoms with Gasteiger partial charge in [0, 0.05) is 38.4 Å². The van der Waals surface area contributed by atoms with Crippen LogP contribution in [0.1, 0.15) is 25.0 Å². The van der Waals surface area contributed by atoms with Crippen molar-refractivity contribution in [3.05, 3.63) is 163 Å². The Balaban J connectivity index is 0.949. The summed E-state index contributed by atoms with van der Waals surface area (Å²) in [6, 6.07) is 51.4. The molecule has 0 saturated heterocycles. The lowest BCUT2D eigenvalue weighted by molar-refractivity contribution is 0.360. The van der Waals surface area contributed by atoms with Crippen molar-refractivity contribution in [2.45, 2.75) is 19.3 Å². The van der Waals surface area contributed by atoms with Gasteiger partial charge in [-0.15, -0.1) is 0 Å². The first-order valence-electron chi connectivity index (χ1n) is 18.1.